The average molecular weight is 543 g/mol. The molecule has 1 amide bonds. The number of methoxy groups -OCH3 is 1. The molecule has 2 atom stereocenters. The standard InChI is InChI=1S/C29H38N2O8/c1-20(32)23-16-22(13-14-25(23)37-19-35-5)27(33)30-24-17-31(39-28(34)38-29(2,3)4)15-9-12-26(24)36-18-21-10-7-6-8-11-21/h6-8,10-11,13-14,16,24,26H,9,12,15,17-19H2,1-5H3,(H,30,33)/t24-,26-/m1/s1. The van der Waals surface area contributed by atoms with Gasteiger partial charge in [0.2, 0.25) is 0 Å². The lowest BCUT2D eigenvalue weighted by Crippen LogP contribution is -2.50. The van der Waals surface area contributed by atoms with Crippen LogP contribution in [0.4, 0.5) is 4.79 Å². The van der Waals surface area contributed by atoms with Crippen molar-refractivity contribution in [2.24, 2.45) is 0 Å². The summed E-state index contributed by atoms with van der Waals surface area (Å²) in [5.74, 6) is -0.309. The van der Waals surface area contributed by atoms with Crippen LogP contribution in [0.15, 0.2) is 48.5 Å². The molecule has 0 aliphatic carbocycles. The summed E-state index contributed by atoms with van der Waals surface area (Å²) in [5.41, 5.74) is 0.861. The van der Waals surface area contributed by atoms with Gasteiger partial charge in [-0.3, -0.25) is 9.59 Å². The lowest BCUT2D eigenvalue weighted by atomic mass is 10.0. The number of ether oxygens (including phenoxy) is 4. The van der Waals surface area contributed by atoms with E-state index in [1.165, 1.54) is 25.2 Å². The molecule has 0 saturated carbocycles. The van der Waals surface area contributed by atoms with Crippen LogP contribution >= 0.6 is 0 Å². The van der Waals surface area contributed by atoms with E-state index in [-0.39, 0.29) is 36.4 Å². The number of rotatable bonds is 10. The zero-order valence-corrected chi connectivity index (χ0v) is 23.2. The number of ketones is 1. The maximum Gasteiger partial charge on any atom is 0.528 e. The second-order valence-electron chi connectivity index (χ2n) is 10.3. The minimum absolute atomic E-state index is 0.0260. The van der Waals surface area contributed by atoms with Crippen LogP contribution in [0, 0.1) is 0 Å². The van der Waals surface area contributed by atoms with Gasteiger partial charge in [-0.15, -0.1) is 5.06 Å². The maximum absolute atomic E-state index is 13.4. The van der Waals surface area contributed by atoms with Crippen LogP contribution in [0.2, 0.25) is 0 Å². The first-order chi connectivity index (χ1) is 18.6. The van der Waals surface area contributed by atoms with E-state index >= 15 is 0 Å². The van der Waals surface area contributed by atoms with Gasteiger partial charge in [-0.2, -0.15) is 0 Å². The molecule has 2 aromatic carbocycles. The van der Waals surface area contributed by atoms with Gasteiger partial charge in [-0.25, -0.2) is 4.79 Å². The van der Waals surface area contributed by atoms with Gasteiger partial charge in [0.15, 0.2) is 12.6 Å². The fourth-order valence-corrected chi connectivity index (χ4v) is 4.12. The molecule has 2 aromatic rings. The number of carbonyl (C=O) groups excluding carboxylic acids is 3. The van der Waals surface area contributed by atoms with Gasteiger partial charge < -0.3 is 29.1 Å². The summed E-state index contributed by atoms with van der Waals surface area (Å²) in [4.78, 5) is 43.4. The first-order valence-electron chi connectivity index (χ1n) is 12.9. The number of nitrogens with one attached hydrogen (secondary N) is 1. The molecule has 39 heavy (non-hydrogen) atoms. The second-order valence-corrected chi connectivity index (χ2v) is 10.3. The fraction of sp³-hybridized carbons (Fsp3) is 0.483. The van der Waals surface area contributed by atoms with Gasteiger partial charge in [-0.1, -0.05) is 30.3 Å². The molecule has 0 unspecified atom stereocenters. The minimum atomic E-state index is -0.811. The average Bonchev–Trinajstić information content (AvgIpc) is 3.06. The molecular weight excluding hydrogens is 504 g/mol. The van der Waals surface area contributed by atoms with Crippen LogP contribution in [0.25, 0.3) is 0 Å². The van der Waals surface area contributed by atoms with Crippen molar-refractivity contribution < 1.29 is 38.2 Å². The molecular formula is C29H38N2O8. The summed E-state index contributed by atoms with van der Waals surface area (Å²) in [6, 6.07) is 13.9. The fourth-order valence-electron chi connectivity index (χ4n) is 4.12. The number of hydrogen-bond acceptors (Lipinski definition) is 9. The van der Waals surface area contributed by atoms with Gasteiger partial charge in [0.25, 0.3) is 5.91 Å². The Kier molecular flexibility index (Phi) is 10.8. The summed E-state index contributed by atoms with van der Waals surface area (Å²) < 4.78 is 21.9. The third-order valence-corrected chi connectivity index (χ3v) is 5.92. The van der Waals surface area contributed by atoms with Crippen LogP contribution in [-0.2, 0) is 25.7 Å². The van der Waals surface area contributed by atoms with Crippen molar-refractivity contribution in [2.45, 2.75) is 64.9 Å². The minimum Gasteiger partial charge on any atom is -0.467 e. The number of Topliss-reactive ketones (excluding diaryl/α,β-unsaturated/α-hetero) is 1. The molecule has 1 heterocycles. The quantitative estimate of drug-likeness (QED) is 0.263. The van der Waals surface area contributed by atoms with E-state index in [0.717, 1.165) is 5.56 Å². The number of amides is 1. The summed E-state index contributed by atoms with van der Waals surface area (Å²) in [5, 5.41) is 4.52. The number of nitrogens with zero attached hydrogens (tertiary/aromatic N) is 1. The van der Waals surface area contributed by atoms with Crippen LogP contribution < -0.4 is 10.1 Å². The molecule has 1 aliphatic rings. The number of benzene rings is 2. The number of hydrogen-bond donors (Lipinski definition) is 1. The molecule has 3 rings (SSSR count). The normalized spacial score (nSPS) is 18.1. The molecule has 10 heteroatoms. The molecule has 0 radical (unpaired) electrons. The van der Waals surface area contributed by atoms with Crippen LogP contribution in [-0.4, -0.2) is 67.6 Å². The molecule has 1 fully saturated rings. The van der Waals surface area contributed by atoms with Crippen LogP contribution in [0.1, 0.15) is 66.8 Å². The summed E-state index contributed by atoms with van der Waals surface area (Å²) in [7, 11) is 1.48. The lowest BCUT2D eigenvalue weighted by molar-refractivity contribution is -0.145. The Balaban J connectivity index is 1.78. The molecule has 0 aromatic heterocycles. The van der Waals surface area contributed by atoms with E-state index in [9.17, 15) is 14.4 Å². The van der Waals surface area contributed by atoms with E-state index in [4.69, 9.17) is 23.8 Å². The molecule has 1 saturated heterocycles. The number of hydroxylamine groups is 2. The van der Waals surface area contributed by atoms with Crippen LogP contribution in [0.3, 0.4) is 0 Å². The highest BCUT2D eigenvalue weighted by atomic mass is 16.8. The molecule has 0 spiro atoms. The van der Waals surface area contributed by atoms with Crippen LogP contribution in [0.5, 0.6) is 5.75 Å². The second kappa shape index (κ2) is 14.1. The van der Waals surface area contributed by atoms with E-state index in [0.29, 0.717) is 31.7 Å². The summed E-state index contributed by atoms with van der Waals surface area (Å²) in [6.45, 7) is 7.67. The SMILES string of the molecule is COCOc1ccc(C(=O)N[C@@H]2CN(OC(=O)OC(C)(C)C)CCC[C@H]2OCc2ccccc2)cc1C(C)=O. The first kappa shape index (κ1) is 30.1. The largest absolute Gasteiger partial charge is 0.528 e. The molecule has 0 bridgehead atoms. The van der Waals surface area contributed by atoms with Gasteiger partial charge in [-0.05, 0) is 64.3 Å². The van der Waals surface area contributed by atoms with Gasteiger partial charge in [0.1, 0.15) is 11.4 Å². The highest BCUT2D eigenvalue weighted by Crippen LogP contribution is 2.23. The summed E-state index contributed by atoms with van der Waals surface area (Å²) >= 11 is 0. The molecule has 212 valence electrons. The van der Waals surface area contributed by atoms with Gasteiger partial charge in [0, 0.05) is 19.2 Å². The van der Waals surface area contributed by atoms with E-state index < -0.39 is 23.7 Å². The van der Waals surface area contributed by atoms with Crippen molar-refractivity contribution in [1.29, 1.82) is 0 Å². The Hall–Kier alpha value is -3.47. The third kappa shape index (κ3) is 9.65. The third-order valence-electron chi connectivity index (χ3n) is 5.92. The van der Waals surface area contributed by atoms with Crippen molar-refractivity contribution in [3.05, 3.63) is 65.2 Å². The Labute approximate surface area is 229 Å². The first-order valence-corrected chi connectivity index (χ1v) is 12.9. The van der Waals surface area contributed by atoms with E-state index in [1.807, 2.05) is 30.3 Å². The maximum atomic E-state index is 13.4. The smallest absolute Gasteiger partial charge is 0.467 e. The highest BCUT2D eigenvalue weighted by molar-refractivity contribution is 6.01. The van der Waals surface area contributed by atoms with E-state index in [1.54, 1.807) is 32.9 Å². The Morgan fingerprint density at radius 3 is 2.49 bits per heavy atom. The van der Waals surface area contributed by atoms with Crippen molar-refractivity contribution in [3.63, 3.8) is 0 Å². The zero-order chi connectivity index (χ0) is 28.4. The number of carbonyl (C=O) groups is 3. The van der Waals surface area contributed by atoms with Gasteiger partial charge >= 0.3 is 6.16 Å². The molecule has 1 N–H and O–H groups in total. The van der Waals surface area contributed by atoms with Crippen molar-refractivity contribution >= 4 is 17.8 Å². The summed E-state index contributed by atoms with van der Waals surface area (Å²) in [6.07, 6.45) is 0.148. The predicted octanol–water partition coefficient (Wildman–Crippen LogP) is 4.52. The zero-order valence-electron chi connectivity index (χ0n) is 23.2. The Bertz CT molecular complexity index is 1120. The Morgan fingerprint density at radius 2 is 1.82 bits per heavy atom. The Morgan fingerprint density at radius 1 is 1.08 bits per heavy atom. The highest BCUT2D eigenvalue weighted by Gasteiger charge is 2.32. The lowest BCUT2D eigenvalue weighted by Gasteiger charge is -2.29. The van der Waals surface area contributed by atoms with Crippen molar-refractivity contribution in [2.75, 3.05) is 27.0 Å². The molecule has 1 aliphatic heterocycles. The van der Waals surface area contributed by atoms with Gasteiger partial charge in [0.05, 0.1) is 30.9 Å². The molecule has 10 nitrogen and oxygen atoms in total. The van der Waals surface area contributed by atoms with E-state index in [2.05, 4.69) is 5.32 Å². The monoisotopic (exact) mass is 542 g/mol. The van der Waals surface area contributed by atoms with Crippen molar-refractivity contribution in [1.82, 2.24) is 10.4 Å². The topological polar surface area (TPSA) is 113 Å². The van der Waals surface area contributed by atoms with Crippen molar-refractivity contribution in [3.8, 4) is 5.75 Å². The predicted molar refractivity (Wildman–Crippen MR) is 143 cm³/mol.